The normalized spacial score (nSPS) is 12.1. The molecule has 5 heteroatoms. The zero-order chi connectivity index (χ0) is 11.3. The standard InChI is InChI=1S/C10H13NO3S/c1-14-10(12)7-4-8-2-5-9(6-3-8)15(11)13/h2-3,5-6H,4,7,11H2,1H3. The molecule has 0 saturated heterocycles. The summed E-state index contributed by atoms with van der Waals surface area (Å²) < 4.78 is 15.4. The lowest BCUT2D eigenvalue weighted by Gasteiger charge is -2.01. The van der Waals surface area contributed by atoms with Crippen LogP contribution in [0.4, 0.5) is 0 Å². The average Bonchev–Trinajstić information content (AvgIpc) is 2.26. The van der Waals surface area contributed by atoms with Gasteiger partial charge in [-0.05, 0) is 24.1 Å². The lowest BCUT2D eigenvalue weighted by Crippen LogP contribution is -2.04. The first-order valence-corrected chi connectivity index (χ1v) is 5.66. The first kappa shape index (κ1) is 11.9. The highest BCUT2D eigenvalue weighted by Gasteiger charge is 2.02. The maximum absolute atomic E-state index is 10.9. The van der Waals surface area contributed by atoms with E-state index in [4.69, 9.17) is 5.14 Å². The fraction of sp³-hybridized carbons (Fsp3) is 0.300. The molecule has 0 heterocycles. The number of hydrogen-bond donors (Lipinski definition) is 1. The number of carbonyl (C=O) groups is 1. The monoisotopic (exact) mass is 227 g/mol. The molecule has 1 unspecified atom stereocenters. The van der Waals surface area contributed by atoms with Crippen molar-refractivity contribution in [3.8, 4) is 0 Å². The Morgan fingerprint density at radius 3 is 2.47 bits per heavy atom. The summed E-state index contributed by atoms with van der Waals surface area (Å²) in [6.07, 6.45) is 0.964. The Kier molecular flexibility index (Phi) is 4.45. The zero-order valence-electron chi connectivity index (χ0n) is 8.43. The van der Waals surface area contributed by atoms with E-state index in [0.717, 1.165) is 5.56 Å². The quantitative estimate of drug-likeness (QED) is 0.772. The number of methoxy groups -OCH3 is 1. The van der Waals surface area contributed by atoms with Gasteiger partial charge in [-0.3, -0.25) is 4.79 Å². The molecule has 0 aliphatic rings. The molecule has 0 spiro atoms. The average molecular weight is 227 g/mol. The van der Waals surface area contributed by atoms with Gasteiger partial charge in [-0.25, -0.2) is 9.35 Å². The van der Waals surface area contributed by atoms with Crippen molar-refractivity contribution in [2.45, 2.75) is 17.7 Å². The molecule has 1 atom stereocenters. The number of ether oxygens (including phenoxy) is 1. The van der Waals surface area contributed by atoms with E-state index in [2.05, 4.69) is 4.74 Å². The fourth-order valence-electron chi connectivity index (χ4n) is 1.14. The van der Waals surface area contributed by atoms with Crippen molar-refractivity contribution >= 4 is 17.0 Å². The second-order valence-electron chi connectivity index (χ2n) is 3.02. The molecule has 82 valence electrons. The Morgan fingerprint density at radius 2 is 2.00 bits per heavy atom. The predicted octanol–water partition coefficient (Wildman–Crippen LogP) is 0.773. The second-order valence-corrected chi connectivity index (χ2v) is 4.08. The van der Waals surface area contributed by atoms with Crippen LogP contribution >= 0.6 is 0 Å². The Balaban J connectivity index is 2.57. The van der Waals surface area contributed by atoms with Gasteiger partial charge in [0.1, 0.15) is 11.0 Å². The van der Waals surface area contributed by atoms with Crippen LogP contribution in [0.2, 0.25) is 0 Å². The van der Waals surface area contributed by atoms with Crippen molar-refractivity contribution in [1.82, 2.24) is 0 Å². The first-order valence-electron chi connectivity index (χ1n) is 4.45. The maximum atomic E-state index is 10.9. The van der Waals surface area contributed by atoms with Crippen LogP contribution in [0.3, 0.4) is 0 Å². The number of aryl methyl sites for hydroxylation is 1. The lowest BCUT2D eigenvalue weighted by molar-refractivity contribution is -0.140. The summed E-state index contributed by atoms with van der Waals surface area (Å²) in [7, 11) is -0.0791. The molecule has 0 radical (unpaired) electrons. The van der Waals surface area contributed by atoms with Crippen LogP contribution in [0.15, 0.2) is 29.2 Å². The van der Waals surface area contributed by atoms with Gasteiger partial charge in [-0.15, -0.1) is 0 Å². The van der Waals surface area contributed by atoms with Gasteiger partial charge in [-0.2, -0.15) is 0 Å². The maximum Gasteiger partial charge on any atom is 0.305 e. The summed E-state index contributed by atoms with van der Waals surface area (Å²) in [6, 6.07) is 7.01. The Labute approximate surface area is 91.0 Å². The van der Waals surface area contributed by atoms with Crippen molar-refractivity contribution in [2.24, 2.45) is 5.14 Å². The summed E-state index contributed by atoms with van der Waals surface area (Å²) in [5, 5.41) is 5.21. The minimum Gasteiger partial charge on any atom is -0.469 e. The SMILES string of the molecule is COC(=O)CCc1ccc(S(N)=O)cc1. The van der Waals surface area contributed by atoms with E-state index in [-0.39, 0.29) is 5.97 Å². The number of esters is 1. The molecular formula is C10H13NO3S. The highest BCUT2D eigenvalue weighted by molar-refractivity contribution is 7.82. The summed E-state index contributed by atoms with van der Waals surface area (Å²) in [5.74, 6) is -0.235. The lowest BCUT2D eigenvalue weighted by atomic mass is 10.1. The molecule has 1 aromatic rings. The number of rotatable bonds is 4. The van der Waals surface area contributed by atoms with E-state index in [1.165, 1.54) is 7.11 Å². The van der Waals surface area contributed by atoms with E-state index in [9.17, 15) is 9.00 Å². The highest BCUT2D eigenvalue weighted by atomic mass is 32.2. The number of nitrogens with two attached hydrogens (primary N) is 1. The molecule has 0 aliphatic heterocycles. The third-order valence-corrected chi connectivity index (χ3v) is 2.74. The van der Waals surface area contributed by atoms with E-state index in [1.54, 1.807) is 12.1 Å². The van der Waals surface area contributed by atoms with Crippen molar-refractivity contribution < 1.29 is 13.7 Å². The Bertz CT molecular complexity index is 361. The van der Waals surface area contributed by atoms with Gasteiger partial charge in [0.15, 0.2) is 0 Å². The van der Waals surface area contributed by atoms with Gasteiger partial charge in [0.25, 0.3) is 0 Å². The van der Waals surface area contributed by atoms with Crippen LogP contribution in [0.1, 0.15) is 12.0 Å². The van der Waals surface area contributed by atoms with E-state index in [0.29, 0.717) is 17.7 Å². The summed E-state index contributed by atoms with van der Waals surface area (Å²) in [5.41, 5.74) is 0.995. The van der Waals surface area contributed by atoms with Crippen LogP contribution < -0.4 is 5.14 Å². The third kappa shape index (κ3) is 3.81. The first-order chi connectivity index (χ1) is 7.13. The van der Waals surface area contributed by atoms with Crippen molar-refractivity contribution in [3.63, 3.8) is 0 Å². The van der Waals surface area contributed by atoms with Gasteiger partial charge in [0, 0.05) is 6.42 Å². The molecule has 1 aromatic carbocycles. The van der Waals surface area contributed by atoms with Crippen LogP contribution in [0.25, 0.3) is 0 Å². The number of carbonyl (C=O) groups excluding carboxylic acids is 1. The summed E-state index contributed by atoms with van der Waals surface area (Å²) >= 11 is 0. The molecule has 0 fully saturated rings. The molecule has 1 rings (SSSR count). The molecule has 15 heavy (non-hydrogen) atoms. The minimum absolute atomic E-state index is 0.235. The van der Waals surface area contributed by atoms with E-state index >= 15 is 0 Å². The van der Waals surface area contributed by atoms with Crippen LogP contribution in [-0.4, -0.2) is 17.3 Å². The topological polar surface area (TPSA) is 69.4 Å². The largest absolute Gasteiger partial charge is 0.469 e. The molecule has 0 bridgehead atoms. The Hall–Kier alpha value is -1.20. The van der Waals surface area contributed by atoms with Gasteiger partial charge in [-0.1, -0.05) is 12.1 Å². The molecule has 0 saturated carbocycles. The molecular weight excluding hydrogens is 214 g/mol. The number of benzene rings is 1. The molecule has 0 amide bonds. The van der Waals surface area contributed by atoms with Gasteiger partial charge < -0.3 is 4.74 Å². The van der Waals surface area contributed by atoms with Crippen LogP contribution in [0, 0.1) is 0 Å². The van der Waals surface area contributed by atoms with Crippen molar-refractivity contribution in [1.29, 1.82) is 0 Å². The van der Waals surface area contributed by atoms with Crippen molar-refractivity contribution in [3.05, 3.63) is 29.8 Å². The molecule has 0 aliphatic carbocycles. The Morgan fingerprint density at radius 1 is 1.40 bits per heavy atom. The summed E-state index contributed by atoms with van der Waals surface area (Å²) in [4.78, 5) is 11.4. The molecule has 2 N–H and O–H groups in total. The van der Waals surface area contributed by atoms with Crippen LogP contribution in [-0.2, 0) is 26.9 Å². The van der Waals surface area contributed by atoms with Gasteiger partial charge in [0.2, 0.25) is 0 Å². The predicted molar refractivity (Wildman–Crippen MR) is 57.4 cm³/mol. The fourth-order valence-corrected chi connectivity index (χ4v) is 1.54. The van der Waals surface area contributed by atoms with Crippen molar-refractivity contribution in [2.75, 3.05) is 7.11 Å². The van der Waals surface area contributed by atoms with E-state index in [1.807, 2.05) is 12.1 Å². The van der Waals surface area contributed by atoms with Gasteiger partial charge in [0.05, 0.1) is 12.0 Å². The zero-order valence-corrected chi connectivity index (χ0v) is 9.25. The minimum atomic E-state index is -1.44. The van der Waals surface area contributed by atoms with E-state index < -0.39 is 11.0 Å². The summed E-state index contributed by atoms with van der Waals surface area (Å²) in [6.45, 7) is 0. The third-order valence-electron chi connectivity index (χ3n) is 2.00. The molecule has 0 aromatic heterocycles. The van der Waals surface area contributed by atoms with Gasteiger partial charge >= 0.3 is 5.97 Å². The second kappa shape index (κ2) is 5.63. The smallest absolute Gasteiger partial charge is 0.305 e. The molecule has 4 nitrogen and oxygen atoms in total. The van der Waals surface area contributed by atoms with Crippen LogP contribution in [0.5, 0.6) is 0 Å². The number of hydrogen-bond acceptors (Lipinski definition) is 3. The highest BCUT2D eigenvalue weighted by Crippen LogP contribution is 2.08.